The first-order chi connectivity index (χ1) is 11.5. The third-order valence-corrected chi connectivity index (χ3v) is 3.73. The predicted octanol–water partition coefficient (Wildman–Crippen LogP) is 3.79. The number of furan rings is 2. The Kier molecular flexibility index (Phi) is 4.57. The highest BCUT2D eigenvalue weighted by Gasteiger charge is 2.17. The molecule has 4 N–H and O–H groups in total. The number of thiocarbonyl (C=S) groups is 1. The van der Waals surface area contributed by atoms with Gasteiger partial charge in [0.2, 0.25) is 0 Å². The Bertz CT molecular complexity index is 908. The van der Waals surface area contributed by atoms with Gasteiger partial charge in [0.15, 0.2) is 5.11 Å². The smallest absolute Gasteiger partial charge is 0.182 e. The molecule has 5 nitrogen and oxygen atoms in total. The summed E-state index contributed by atoms with van der Waals surface area (Å²) in [5.41, 5.74) is 13.8. The zero-order chi connectivity index (χ0) is 17.1. The fraction of sp³-hybridized carbons (Fsp3) is 0.167. The minimum Gasteiger partial charge on any atom is -0.461 e. The number of fused-ring (bicyclic) bond motifs is 1. The van der Waals surface area contributed by atoms with Gasteiger partial charge in [-0.15, -0.1) is 0 Å². The van der Waals surface area contributed by atoms with Gasteiger partial charge in [0.1, 0.15) is 22.9 Å². The normalized spacial score (nSPS) is 11.7. The van der Waals surface area contributed by atoms with Gasteiger partial charge < -0.3 is 20.0 Å². The van der Waals surface area contributed by atoms with Gasteiger partial charge in [-0.05, 0) is 44.3 Å². The Morgan fingerprint density at radius 3 is 2.67 bits per heavy atom. The number of rotatable bonds is 5. The third kappa shape index (κ3) is 3.44. The Hall–Kier alpha value is -2.73. The van der Waals surface area contributed by atoms with Crippen LogP contribution in [0.15, 0.2) is 57.0 Å². The first-order valence-electron chi connectivity index (χ1n) is 7.60. The summed E-state index contributed by atoms with van der Waals surface area (Å²) >= 11 is 4.77. The molecule has 0 atom stereocenters. The van der Waals surface area contributed by atoms with E-state index in [0.29, 0.717) is 6.42 Å². The molecule has 2 aromatic heterocycles. The molecule has 0 bridgehead atoms. The van der Waals surface area contributed by atoms with Crippen molar-refractivity contribution in [3.63, 3.8) is 0 Å². The number of hydrogen-bond acceptors (Lipinski definition) is 4. The summed E-state index contributed by atoms with van der Waals surface area (Å²) < 4.78 is 11.9. The highest BCUT2D eigenvalue weighted by atomic mass is 32.1. The summed E-state index contributed by atoms with van der Waals surface area (Å²) in [6.45, 7) is 3.85. The molecule has 6 heteroatoms. The number of allylic oxidation sites excluding steroid dienone is 2. The van der Waals surface area contributed by atoms with Crippen LogP contribution in [0.25, 0.3) is 22.3 Å². The second-order valence-corrected chi connectivity index (χ2v) is 5.95. The maximum Gasteiger partial charge on any atom is 0.182 e. The maximum atomic E-state index is 6.04. The number of para-hydroxylation sites is 1. The van der Waals surface area contributed by atoms with Crippen molar-refractivity contribution in [2.45, 2.75) is 20.3 Å². The van der Waals surface area contributed by atoms with Gasteiger partial charge in [0.05, 0.1) is 5.56 Å². The lowest BCUT2D eigenvalue weighted by Crippen LogP contribution is -2.39. The minimum absolute atomic E-state index is 0.193. The predicted molar refractivity (Wildman–Crippen MR) is 99.2 cm³/mol. The monoisotopic (exact) mass is 341 g/mol. The molecule has 0 aliphatic carbocycles. The van der Waals surface area contributed by atoms with Crippen molar-refractivity contribution in [1.29, 1.82) is 0 Å². The molecule has 2 heterocycles. The SMILES string of the molecule is CC(=CCc1oc2ccccc2c1-c1ccc(C)o1)NNC(N)=S. The van der Waals surface area contributed by atoms with E-state index in [1.807, 2.05) is 56.3 Å². The summed E-state index contributed by atoms with van der Waals surface area (Å²) in [6.07, 6.45) is 2.61. The largest absolute Gasteiger partial charge is 0.461 e. The van der Waals surface area contributed by atoms with Crippen LogP contribution in [0, 0.1) is 6.92 Å². The Morgan fingerprint density at radius 1 is 1.17 bits per heavy atom. The van der Waals surface area contributed by atoms with Crippen molar-refractivity contribution >= 4 is 28.3 Å². The van der Waals surface area contributed by atoms with Crippen molar-refractivity contribution in [2.75, 3.05) is 0 Å². The van der Waals surface area contributed by atoms with Gasteiger partial charge >= 0.3 is 0 Å². The lowest BCUT2D eigenvalue weighted by molar-refractivity contribution is 0.537. The van der Waals surface area contributed by atoms with Crippen LogP contribution in [0.5, 0.6) is 0 Å². The molecule has 0 aliphatic heterocycles. The van der Waals surface area contributed by atoms with E-state index in [4.69, 9.17) is 26.8 Å². The molecule has 24 heavy (non-hydrogen) atoms. The molecule has 0 fully saturated rings. The quantitative estimate of drug-likeness (QED) is 0.484. The summed E-state index contributed by atoms with van der Waals surface area (Å²) in [5.74, 6) is 2.53. The van der Waals surface area contributed by atoms with Crippen LogP contribution in [0.2, 0.25) is 0 Å². The second-order valence-electron chi connectivity index (χ2n) is 5.51. The van der Waals surface area contributed by atoms with Gasteiger partial charge in [0.25, 0.3) is 0 Å². The topological polar surface area (TPSA) is 76.4 Å². The van der Waals surface area contributed by atoms with Crippen LogP contribution < -0.4 is 16.6 Å². The molecule has 0 saturated heterocycles. The number of nitrogens with one attached hydrogen (secondary N) is 2. The fourth-order valence-corrected chi connectivity index (χ4v) is 2.59. The van der Waals surface area contributed by atoms with Crippen LogP contribution >= 0.6 is 12.2 Å². The molecule has 0 aliphatic rings. The lowest BCUT2D eigenvalue weighted by Gasteiger charge is -2.07. The van der Waals surface area contributed by atoms with E-state index in [2.05, 4.69) is 10.9 Å². The van der Waals surface area contributed by atoms with E-state index in [1.165, 1.54) is 0 Å². The fourth-order valence-electron chi connectivity index (χ4n) is 2.54. The van der Waals surface area contributed by atoms with Crippen molar-refractivity contribution in [3.05, 3.63) is 59.7 Å². The highest BCUT2D eigenvalue weighted by Crippen LogP contribution is 2.36. The van der Waals surface area contributed by atoms with Crippen molar-refractivity contribution in [2.24, 2.45) is 5.73 Å². The van der Waals surface area contributed by atoms with Gasteiger partial charge in [0, 0.05) is 17.5 Å². The highest BCUT2D eigenvalue weighted by molar-refractivity contribution is 7.80. The van der Waals surface area contributed by atoms with E-state index >= 15 is 0 Å². The van der Waals surface area contributed by atoms with Gasteiger partial charge in [-0.3, -0.25) is 5.43 Å². The van der Waals surface area contributed by atoms with Gasteiger partial charge in [-0.25, -0.2) is 0 Å². The van der Waals surface area contributed by atoms with Crippen molar-refractivity contribution < 1.29 is 8.83 Å². The number of benzene rings is 1. The van der Waals surface area contributed by atoms with E-state index in [-0.39, 0.29) is 5.11 Å². The molecule has 3 rings (SSSR count). The summed E-state index contributed by atoms with van der Waals surface area (Å²) in [7, 11) is 0. The zero-order valence-electron chi connectivity index (χ0n) is 13.6. The number of hydrazine groups is 1. The standard InChI is InChI=1S/C18H19N3O2S/c1-11(20-21-18(19)24)7-9-16-17(15-10-8-12(2)22-15)13-5-3-4-6-14(13)23-16/h3-8,10,20H,9H2,1-2H3,(H3,19,21,24). The molecule has 124 valence electrons. The maximum absolute atomic E-state index is 6.04. The average Bonchev–Trinajstić information content (AvgIpc) is 3.13. The van der Waals surface area contributed by atoms with Crippen LogP contribution in [-0.2, 0) is 6.42 Å². The molecular formula is C18H19N3O2S. The third-order valence-electron chi connectivity index (χ3n) is 3.63. The molecule has 0 amide bonds. The first-order valence-corrected chi connectivity index (χ1v) is 8.01. The summed E-state index contributed by atoms with van der Waals surface area (Å²) in [4.78, 5) is 0. The van der Waals surface area contributed by atoms with Crippen molar-refractivity contribution in [3.8, 4) is 11.3 Å². The van der Waals surface area contributed by atoms with E-state index in [9.17, 15) is 0 Å². The zero-order valence-corrected chi connectivity index (χ0v) is 14.4. The molecule has 0 saturated carbocycles. The van der Waals surface area contributed by atoms with Gasteiger partial charge in [-0.2, -0.15) is 0 Å². The molecule has 1 aromatic carbocycles. The second kappa shape index (κ2) is 6.80. The van der Waals surface area contributed by atoms with E-state index in [0.717, 1.165) is 39.5 Å². The molecule has 0 radical (unpaired) electrons. The Morgan fingerprint density at radius 2 is 1.96 bits per heavy atom. The molecule has 3 aromatic rings. The van der Waals surface area contributed by atoms with E-state index < -0.39 is 0 Å². The average molecular weight is 341 g/mol. The van der Waals surface area contributed by atoms with Crippen LogP contribution in [0.3, 0.4) is 0 Å². The number of aryl methyl sites for hydroxylation is 1. The molecule has 0 unspecified atom stereocenters. The van der Waals surface area contributed by atoms with Crippen molar-refractivity contribution in [1.82, 2.24) is 10.9 Å². The lowest BCUT2D eigenvalue weighted by atomic mass is 10.1. The first kappa shape index (κ1) is 16.1. The Labute approximate surface area is 145 Å². The number of hydrogen-bond donors (Lipinski definition) is 3. The van der Waals surface area contributed by atoms with Gasteiger partial charge in [-0.1, -0.05) is 24.3 Å². The number of nitrogens with two attached hydrogens (primary N) is 1. The summed E-state index contributed by atoms with van der Waals surface area (Å²) in [6, 6.07) is 11.9. The molecule has 0 spiro atoms. The minimum atomic E-state index is 0.193. The molecular weight excluding hydrogens is 322 g/mol. The van der Waals surface area contributed by atoms with Crippen LogP contribution in [0.4, 0.5) is 0 Å². The summed E-state index contributed by atoms with van der Waals surface area (Å²) in [5, 5.41) is 1.24. The van der Waals surface area contributed by atoms with Crippen LogP contribution in [-0.4, -0.2) is 5.11 Å². The van der Waals surface area contributed by atoms with Crippen LogP contribution in [0.1, 0.15) is 18.4 Å². The Balaban J connectivity index is 1.95. The van der Waals surface area contributed by atoms with E-state index in [1.54, 1.807) is 0 Å².